The smallest absolute Gasteiger partial charge is 0.459 e. The SMILES string of the molecule is CCCCCCCCCCCCCCCCCCSCC(COP(=O)(O)OP(=O)(O)O)OC(=O)CCCCCCCCCCCCCCC.[Na]. The van der Waals surface area contributed by atoms with E-state index < -0.39 is 34.3 Å². The van der Waals surface area contributed by atoms with Crippen molar-refractivity contribution in [3.63, 3.8) is 0 Å². The van der Waals surface area contributed by atoms with E-state index in [1.165, 1.54) is 154 Å². The minimum absolute atomic E-state index is 0. The molecule has 13 heteroatoms. The van der Waals surface area contributed by atoms with Crippen molar-refractivity contribution in [2.75, 3.05) is 18.1 Å². The number of carbonyl (C=O) groups is 1. The van der Waals surface area contributed by atoms with Crippen LogP contribution in [0.2, 0.25) is 0 Å². The van der Waals surface area contributed by atoms with Gasteiger partial charge in [0, 0.05) is 41.7 Å². The third kappa shape index (κ3) is 41.8. The van der Waals surface area contributed by atoms with Crippen molar-refractivity contribution in [1.82, 2.24) is 0 Å². The third-order valence-electron chi connectivity index (χ3n) is 8.86. The van der Waals surface area contributed by atoms with E-state index in [1.807, 2.05) is 0 Å². The molecule has 295 valence electrons. The summed E-state index contributed by atoms with van der Waals surface area (Å²) in [7, 11) is -10.2. The second-order valence-electron chi connectivity index (χ2n) is 13.8. The van der Waals surface area contributed by atoms with Gasteiger partial charge in [-0.3, -0.25) is 9.32 Å². The molecule has 2 unspecified atom stereocenters. The van der Waals surface area contributed by atoms with Gasteiger partial charge >= 0.3 is 21.6 Å². The molecule has 0 aromatic heterocycles. The van der Waals surface area contributed by atoms with Crippen LogP contribution in [0.4, 0.5) is 0 Å². The van der Waals surface area contributed by atoms with Gasteiger partial charge in [0.05, 0.1) is 6.61 Å². The van der Waals surface area contributed by atoms with Crippen LogP contribution in [0.3, 0.4) is 0 Å². The van der Waals surface area contributed by atoms with Gasteiger partial charge < -0.3 is 19.4 Å². The molecule has 0 bridgehead atoms. The van der Waals surface area contributed by atoms with Crippen molar-refractivity contribution >= 4 is 62.9 Å². The molecule has 0 aromatic carbocycles. The number of carbonyl (C=O) groups excluding carboxylic acids is 1. The Morgan fingerprint density at radius 2 is 0.900 bits per heavy atom. The van der Waals surface area contributed by atoms with E-state index >= 15 is 0 Å². The van der Waals surface area contributed by atoms with Gasteiger partial charge in [0.25, 0.3) is 0 Å². The Morgan fingerprint density at radius 1 is 0.560 bits per heavy atom. The largest absolute Gasteiger partial charge is 0.481 e. The van der Waals surface area contributed by atoms with E-state index in [4.69, 9.17) is 19.0 Å². The van der Waals surface area contributed by atoms with Gasteiger partial charge in [-0.1, -0.05) is 187 Å². The van der Waals surface area contributed by atoms with Crippen molar-refractivity contribution in [3.05, 3.63) is 0 Å². The number of phosphoric ester groups is 1. The van der Waals surface area contributed by atoms with Gasteiger partial charge in [0.15, 0.2) is 0 Å². The van der Waals surface area contributed by atoms with Crippen LogP contribution in [-0.2, 0) is 27.5 Å². The molecule has 0 spiro atoms. The van der Waals surface area contributed by atoms with E-state index in [1.54, 1.807) is 11.8 Å². The normalized spacial score (nSPS) is 13.5. The Hall–Kier alpha value is 1.08. The van der Waals surface area contributed by atoms with Gasteiger partial charge in [0.2, 0.25) is 0 Å². The number of phosphoric acid groups is 2. The van der Waals surface area contributed by atoms with E-state index in [0.717, 1.165) is 37.9 Å². The summed E-state index contributed by atoms with van der Waals surface area (Å²) in [6.07, 6.45) is 36.2. The summed E-state index contributed by atoms with van der Waals surface area (Å²) < 4.78 is 37.2. The fourth-order valence-electron chi connectivity index (χ4n) is 5.95. The summed E-state index contributed by atoms with van der Waals surface area (Å²) in [5, 5.41) is 0. The van der Waals surface area contributed by atoms with Gasteiger partial charge in [-0.2, -0.15) is 16.1 Å². The van der Waals surface area contributed by atoms with Crippen LogP contribution in [-0.4, -0.2) is 74.4 Å². The number of rotatable bonds is 39. The van der Waals surface area contributed by atoms with Crippen molar-refractivity contribution in [2.45, 2.75) is 213 Å². The van der Waals surface area contributed by atoms with Crippen LogP contribution in [0.15, 0.2) is 0 Å². The van der Waals surface area contributed by atoms with Crippen molar-refractivity contribution in [1.29, 1.82) is 0 Å². The molecule has 0 aliphatic carbocycles. The molecule has 0 amide bonds. The Balaban J connectivity index is 0. The van der Waals surface area contributed by atoms with Gasteiger partial charge in [-0.15, -0.1) is 0 Å². The Kier molecular flexibility index (Phi) is 40.8. The first kappa shape index (κ1) is 53.2. The molecule has 0 saturated carbocycles. The van der Waals surface area contributed by atoms with E-state index in [-0.39, 0.29) is 36.0 Å². The number of unbranched alkanes of at least 4 members (excludes halogenated alkanes) is 27. The first-order chi connectivity index (χ1) is 23.6. The predicted octanol–water partition coefficient (Wildman–Crippen LogP) is 12.2. The van der Waals surface area contributed by atoms with Crippen molar-refractivity contribution in [3.8, 4) is 0 Å². The summed E-state index contributed by atoms with van der Waals surface area (Å²) >= 11 is 1.58. The molecule has 0 saturated heterocycles. The molecule has 2 atom stereocenters. The van der Waals surface area contributed by atoms with Crippen molar-refractivity contribution in [2.24, 2.45) is 0 Å². The zero-order valence-corrected chi connectivity index (χ0v) is 37.1. The number of hydrogen-bond acceptors (Lipinski definition) is 7. The first-order valence-electron chi connectivity index (χ1n) is 20.1. The summed E-state index contributed by atoms with van der Waals surface area (Å²) in [5.74, 6) is 0.823. The topological polar surface area (TPSA) is 140 Å². The molecule has 3 N–H and O–H groups in total. The zero-order chi connectivity index (χ0) is 36.3. The quantitative estimate of drug-likeness (QED) is 0.0239. The summed E-state index contributed by atoms with van der Waals surface area (Å²) in [5.41, 5.74) is 0. The maximum atomic E-state index is 12.5. The standard InChI is InChI=1S/C37H76O9P2S.Na/c1-3-5-7-9-11-13-15-17-18-19-21-23-25-27-29-31-33-49-35-36(34-44-48(42,43)46-47(39,40)41)45-37(38)32-30-28-26-24-22-20-16-14-12-10-8-6-4-2;/h36H,3-35H2,1-2H3,(H,42,43)(H2,39,40,41);. The molecule has 1 radical (unpaired) electrons. The average molecular weight is 782 g/mol. The molecule has 0 aromatic rings. The zero-order valence-electron chi connectivity index (χ0n) is 32.5. The number of esters is 1. The maximum absolute atomic E-state index is 12.5. The first-order valence-corrected chi connectivity index (χ1v) is 24.3. The van der Waals surface area contributed by atoms with Crippen molar-refractivity contribution < 1.29 is 42.2 Å². The number of ether oxygens (including phenoxy) is 1. The molecular formula is C37H76NaO9P2S. The van der Waals surface area contributed by atoms with Crippen LogP contribution >= 0.6 is 27.4 Å². The molecule has 0 rings (SSSR count). The van der Waals surface area contributed by atoms with E-state index in [2.05, 4.69) is 18.2 Å². The molecule has 0 heterocycles. The second-order valence-corrected chi connectivity index (χ2v) is 17.8. The minimum atomic E-state index is -5.22. The summed E-state index contributed by atoms with van der Waals surface area (Å²) in [6, 6.07) is 0. The molecule has 50 heavy (non-hydrogen) atoms. The molecule has 0 fully saturated rings. The summed E-state index contributed by atoms with van der Waals surface area (Å²) in [6.45, 7) is 4.02. The van der Waals surface area contributed by atoms with E-state index in [9.17, 15) is 18.8 Å². The average Bonchev–Trinajstić information content (AvgIpc) is 3.04. The van der Waals surface area contributed by atoms with E-state index in [0.29, 0.717) is 5.75 Å². The molecule has 0 aliphatic heterocycles. The van der Waals surface area contributed by atoms with Crippen LogP contribution in [0, 0.1) is 0 Å². The third-order valence-corrected chi connectivity index (χ3v) is 12.2. The number of hydrogen-bond donors (Lipinski definition) is 3. The molecule has 0 aliphatic rings. The van der Waals surface area contributed by atoms with Gasteiger partial charge in [-0.25, -0.2) is 9.13 Å². The van der Waals surface area contributed by atoms with Gasteiger partial charge in [0.1, 0.15) is 6.10 Å². The Bertz CT molecular complexity index is 835. The maximum Gasteiger partial charge on any atom is 0.481 e. The summed E-state index contributed by atoms with van der Waals surface area (Å²) in [4.78, 5) is 39.9. The Morgan fingerprint density at radius 3 is 1.26 bits per heavy atom. The monoisotopic (exact) mass is 781 g/mol. The van der Waals surface area contributed by atoms with Crippen LogP contribution < -0.4 is 0 Å². The number of thioether (sulfide) groups is 1. The molecular weight excluding hydrogens is 705 g/mol. The fraction of sp³-hybridized carbons (Fsp3) is 0.973. The van der Waals surface area contributed by atoms with Gasteiger partial charge in [-0.05, 0) is 18.6 Å². The minimum Gasteiger partial charge on any atom is -0.459 e. The molecule has 9 nitrogen and oxygen atoms in total. The van der Waals surface area contributed by atoms with Crippen LogP contribution in [0.5, 0.6) is 0 Å². The fourth-order valence-corrected chi connectivity index (χ4v) is 8.57. The van der Waals surface area contributed by atoms with Crippen LogP contribution in [0.1, 0.15) is 206 Å². The van der Waals surface area contributed by atoms with Crippen LogP contribution in [0.25, 0.3) is 0 Å². The Labute approximate surface area is 333 Å². The predicted molar refractivity (Wildman–Crippen MR) is 212 cm³/mol. The second kappa shape index (κ2) is 38.4.